The Morgan fingerprint density at radius 3 is 2.81 bits per heavy atom. The smallest absolute Gasteiger partial charge is 0.234 e. The van der Waals surface area contributed by atoms with Crippen LogP contribution in [0.5, 0.6) is 0 Å². The first-order valence-electron chi connectivity index (χ1n) is 4.87. The first-order chi connectivity index (χ1) is 7.50. The van der Waals surface area contributed by atoms with Crippen LogP contribution in [0.25, 0.3) is 0 Å². The summed E-state index contributed by atoms with van der Waals surface area (Å²) in [5.41, 5.74) is 5.91. The highest BCUT2D eigenvalue weighted by atomic mass is 32.1. The number of carbonyl (C=O) groups excluding carboxylic acids is 2. The van der Waals surface area contributed by atoms with Crippen LogP contribution in [-0.4, -0.2) is 17.9 Å². The second-order valence-electron chi connectivity index (χ2n) is 3.44. The quantitative estimate of drug-likeness (QED) is 0.708. The molecule has 1 atom stereocenters. The van der Waals surface area contributed by atoms with Gasteiger partial charge in [0.05, 0.1) is 11.7 Å². The summed E-state index contributed by atoms with van der Waals surface area (Å²) in [6.45, 7) is 3.67. The third kappa shape index (κ3) is 3.63. The molecule has 1 unspecified atom stereocenters. The number of rotatable bonds is 5. The SMILES string of the molecule is CC(=O)Nc1ccsc1CNC(C)C(N)=O. The van der Waals surface area contributed by atoms with E-state index in [9.17, 15) is 9.59 Å². The maximum atomic E-state index is 10.9. The van der Waals surface area contributed by atoms with Crippen LogP contribution in [0.4, 0.5) is 5.69 Å². The first-order valence-corrected chi connectivity index (χ1v) is 5.75. The van der Waals surface area contributed by atoms with E-state index in [1.54, 1.807) is 6.92 Å². The normalized spacial score (nSPS) is 12.1. The number of nitrogens with two attached hydrogens (primary N) is 1. The molecule has 0 saturated heterocycles. The lowest BCUT2D eigenvalue weighted by atomic mass is 10.3. The van der Waals surface area contributed by atoms with Crippen molar-refractivity contribution < 1.29 is 9.59 Å². The van der Waals surface area contributed by atoms with E-state index in [-0.39, 0.29) is 11.9 Å². The third-order valence-electron chi connectivity index (χ3n) is 2.05. The van der Waals surface area contributed by atoms with Crippen molar-refractivity contribution in [2.75, 3.05) is 5.32 Å². The van der Waals surface area contributed by atoms with Crippen molar-refractivity contribution in [1.82, 2.24) is 5.32 Å². The molecular weight excluding hydrogens is 226 g/mol. The molecule has 4 N–H and O–H groups in total. The summed E-state index contributed by atoms with van der Waals surface area (Å²) in [7, 11) is 0. The van der Waals surface area contributed by atoms with Crippen LogP contribution < -0.4 is 16.4 Å². The fourth-order valence-electron chi connectivity index (χ4n) is 1.12. The maximum Gasteiger partial charge on any atom is 0.234 e. The molecule has 0 aromatic carbocycles. The van der Waals surface area contributed by atoms with Gasteiger partial charge in [0.15, 0.2) is 0 Å². The van der Waals surface area contributed by atoms with Gasteiger partial charge in [0, 0.05) is 18.3 Å². The summed E-state index contributed by atoms with van der Waals surface area (Å²) in [6.07, 6.45) is 0. The van der Waals surface area contributed by atoms with Gasteiger partial charge in [0.1, 0.15) is 0 Å². The summed E-state index contributed by atoms with van der Waals surface area (Å²) in [5, 5.41) is 7.59. The molecule has 0 aliphatic rings. The molecule has 1 rings (SSSR count). The van der Waals surface area contributed by atoms with Gasteiger partial charge < -0.3 is 16.4 Å². The van der Waals surface area contributed by atoms with Crippen molar-refractivity contribution in [3.63, 3.8) is 0 Å². The number of hydrogen-bond acceptors (Lipinski definition) is 4. The van der Waals surface area contributed by atoms with Crippen molar-refractivity contribution in [1.29, 1.82) is 0 Å². The van der Waals surface area contributed by atoms with Crippen LogP contribution in [0, 0.1) is 0 Å². The first kappa shape index (κ1) is 12.7. The van der Waals surface area contributed by atoms with Gasteiger partial charge in [-0.25, -0.2) is 0 Å². The molecule has 0 aliphatic carbocycles. The van der Waals surface area contributed by atoms with Gasteiger partial charge in [-0.2, -0.15) is 0 Å². The van der Waals surface area contributed by atoms with E-state index in [0.29, 0.717) is 6.54 Å². The zero-order valence-electron chi connectivity index (χ0n) is 9.24. The fourth-order valence-corrected chi connectivity index (χ4v) is 1.91. The van der Waals surface area contributed by atoms with Crippen molar-refractivity contribution in [2.24, 2.45) is 5.73 Å². The molecule has 1 heterocycles. The van der Waals surface area contributed by atoms with Crippen LogP contribution in [0.2, 0.25) is 0 Å². The molecule has 16 heavy (non-hydrogen) atoms. The topological polar surface area (TPSA) is 84.2 Å². The Balaban J connectivity index is 2.57. The number of hydrogen-bond donors (Lipinski definition) is 3. The summed E-state index contributed by atoms with van der Waals surface area (Å²) in [4.78, 5) is 22.7. The van der Waals surface area contributed by atoms with Crippen LogP contribution in [0.3, 0.4) is 0 Å². The van der Waals surface area contributed by atoms with E-state index in [4.69, 9.17) is 5.73 Å². The molecule has 2 amide bonds. The van der Waals surface area contributed by atoms with Gasteiger partial charge in [-0.05, 0) is 18.4 Å². The lowest BCUT2D eigenvalue weighted by Crippen LogP contribution is -2.38. The van der Waals surface area contributed by atoms with Crippen molar-refractivity contribution in [3.8, 4) is 0 Å². The van der Waals surface area contributed by atoms with Gasteiger partial charge in [0.2, 0.25) is 11.8 Å². The van der Waals surface area contributed by atoms with Gasteiger partial charge in [0.25, 0.3) is 0 Å². The summed E-state index contributed by atoms with van der Waals surface area (Å²) < 4.78 is 0. The van der Waals surface area contributed by atoms with Crippen molar-refractivity contribution >= 4 is 28.8 Å². The molecule has 0 saturated carbocycles. The lowest BCUT2D eigenvalue weighted by molar-refractivity contribution is -0.119. The zero-order valence-corrected chi connectivity index (χ0v) is 10.1. The Morgan fingerprint density at radius 1 is 1.56 bits per heavy atom. The predicted molar refractivity (Wildman–Crippen MR) is 64.1 cm³/mol. The highest BCUT2D eigenvalue weighted by Gasteiger charge is 2.10. The maximum absolute atomic E-state index is 10.9. The highest BCUT2D eigenvalue weighted by Crippen LogP contribution is 2.21. The molecule has 88 valence electrons. The van der Waals surface area contributed by atoms with Crippen molar-refractivity contribution in [3.05, 3.63) is 16.3 Å². The van der Waals surface area contributed by atoms with Crippen LogP contribution in [0.15, 0.2) is 11.4 Å². The second-order valence-corrected chi connectivity index (χ2v) is 4.44. The standard InChI is InChI=1S/C10H15N3O2S/c1-6(10(11)15)12-5-9-8(3-4-16-9)13-7(2)14/h3-4,6,12H,5H2,1-2H3,(H2,11,15)(H,13,14). The molecule has 0 aliphatic heterocycles. The number of amides is 2. The number of nitrogens with one attached hydrogen (secondary N) is 2. The predicted octanol–water partition coefficient (Wildman–Crippen LogP) is 0.670. The second kappa shape index (κ2) is 5.62. The average Bonchev–Trinajstić information content (AvgIpc) is 2.60. The molecule has 5 nitrogen and oxygen atoms in total. The Hall–Kier alpha value is -1.40. The van der Waals surface area contributed by atoms with Crippen LogP contribution in [-0.2, 0) is 16.1 Å². The minimum atomic E-state index is -0.391. The van der Waals surface area contributed by atoms with Crippen LogP contribution >= 0.6 is 11.3 Å². The number of anilines is 1. The van der Waals surface area contributed by atoms with E-state index in [1.165, 1.54) is 18.3 Å². The number of primary amides is 1. The number of carbonyl (C=O) groups is 2. The molecule has 1 aromatic rings. The van der Waals surface area contributed by atoms with Gasteiger partial charge >= 0.3 is 0 Å². The third-order valence-corrected chi connectivity index (χ3v) is 2.97. The summed E-state index contributed by atoms with van der Waals surface area (Å²) in [5.74, 6) is -0.500. The fraction of sp³-hybridized carbons (Fsp3) is 0.400. The Bertz CT molecular complexity index is 389. The molecule has 0 fully saturated rings. The number of thiophene rings is 1. The lowest BCUT2D eigenvalue weighted by Gasteiger charge is -2.10. The largest absolute Gasteiger partial charge is 0.368 e. The van der Waals surface area contributed by atoms with E-state index < -0.39 is 5.91 Å². The zero-order chi connectivity index (χ0) is 12.1. The monoisotopic (exact) mass is 241 g/mol. The Morgan fingerprint density at radius 2 is 2.25 bits per heavy atom. The molecule has 1 aromatic heterocycles. The Labute approximate surface area is 98.0 Å². The molecule has 6 heteroatoms. The molecule has 0 radical (unpaired) electrons. The minimum absolute atomic E-state index is 0.109. The molecule has 0 spiro atoms. The minimum Gasteiger partial charge on any atom is -0.368 e. The summed E-state index contributed by atoms with van der Waals surface area (Å²) >= 11 is 1.52. The van der Waals surface area contributed by atoms with E-state index >= 15 is 0 Å². The Kier molecular flexibility index (Phi) is 4.45. The summed E-state index contributed by atoms with van der Waals surface area (Å²) in [6, 6.07) is 1.45. The molecular formula is C10H15N3O2S. The van der Waals surface area contributed by atoms with Gasteiger partial charge in [-0.3, -0.25) is 9.59 Å². The average molecular weight is 241 g/mol. The van der Waals surface area contributed by atoms with E-state index in [1.807, 2.05) is 11.4 Å². The van der Waals surface area contributed by atoms with E-state index in [2.05, 4.69) is 10.6 Å². The highest BCUT2D eigenvalue weighted by molar-refractivity contribution is 7.10. The van der Waals surface area contributed by atoms with Gasteiger partial charge in [-0.15, -0.1) is 11.3 Å². The van der Waals surface area contributed by atoms with Crippen molar-refractivity contribution in [2.45, 2.75) is 26.4 Å². The molecule has 0 bridgehead atoms. The van der Waals surface area contributed by atoms with E-state index in [0.717, 1.165) is 10.6 Å². The van der Waals surface area contributed by atoms with Gasteiger partial charge in [-0.1, -0.05) is 0 Å². The van der Waals surface area contributed by atoms with Crippen LogP contribution in [0.1, 0.15) is 18.7 Å².